The molecule has 4 aromatic rings. The van der Waals surface area contributed by atoms with E-state index in [4.69, 9.17) is 35.8 Å². The van der Waals surface area contributed by atoms with E-state index in [1.807, 2.05) is 24.3 Å². The van der Waals surface area contributed by atoms with Crippen molar-refractivity contribution in [1.82, 2.24) is 19.4 Å². The maximum absolute atomic E-state index is 14.2. The zero-order chi connectivity index (χ0) is 29.3. The van der Waals surface area contributed by atoms with Crippen molar-refractivity contribution in [2.45, 2.75) is 51.0 Å². The lowest BCUT2D eigenvalue weighted by Gasteiger charge is -2.32. The number of carbonyl (C=O) groups excluding carboxylic acids is 1. The van der Waals surface area contributed by atoms with Crippen molar-refractivity contribution in [2.75, 3.05) is 37.7 Å². The number of likely N-dealkylation sites (tertiary alicyclic amines) is 1. The normalized spacial score (nSPS) is 19.5. The van der Waals surface area contributed by atoms with Gasteiger partial charge in [-0.05, 0) is 68.8 Å². The molecule has 43 heavy (non-hydrogen) atoms. The van der Waals surface area contributed by atoms with Crippen LogP contribution in [0.25, 0.3) is 11.0 Å². The molecule has 3 saturated heterocycles. The summed E-state index contributed by atoms with van der Waals surface area (Å²) >= 11 is 5.86. The average molecular weight is 606 g/mol. The van der Waals surface area contributed by atoms with E-state index >= 15 is 0 Å². The molecule has 9 nitrogen and oxygen atoms in total. The third-order valence-electron chi connectivity index (χ3n) is 8.57. The van der Waals surface area contributed by atoms with E-state index in [9.17, 15) is 9.18 Å². The van der Waals surface area contributed by atoms with E-state index in [2.05, 4.69) is 15.5 Å². The fraction of sp³-hybridized carbons (Fsp3) is 0.406. The number of amides is 1. The molecule has 3 aliphatic rings. The summed E-state index contributed by atoms with van der Waals surface area (Å²) in [5.41, 5.74) is 4.17. The zero-order valence-corrected chi connectivity index (χ0v) is 24.5. The van der Waals surface area contributed by atoms with Gasteiger partial charge in [0.15, 0.2) is 0 Å². The Hall–Kier alpha value is -3.73. The summed E-state index contributed by atoms with van der Waals surface area (Å²) in [6.45, 7) is 5.19. The first-order chi connectivity index (χ1) is 21.0. The van der Waals surface area contributed by atoms with Crippen LogP contribution in [0.5, 0.6) is 5.88 Å². The number of carbonyl (C=O) groups is 1. The van der Waals surface area contributed by atoms with Crippen molar-refractivity contribution >= 4 is 34.4 Å². The summed E-state index contributed by atoms with van der Waals surface area (Å²) in [5, 5.41) is 0.359. The smallest absolute Gasteiger partial charge is 0.414 e. The Morgan fingerprint density at radius 1 is 1.00 bits per heavy atom. The summed E-state index contributed by atoms with van der Waals surface area (Å²) in [4.78, 5) is 26.0. The predicted octanol–water partition coefficient (Wildman–Crippen LogP) is 5.93. The third-order valence-corrected chi connectivity index (χ3v) is 8.80. The molecule has 2 aromatic heterocycles. The van der Waals surface area contributed by atoms with Crippen molar-refractivity contribution < 1.29 is 23.4 Å². The second-order valence-corrected chi connectivity index (χ2v) is 11.8. The Morgan fingerprint density at radius 2 is 1.86 bits per heavy atom. The van der Waals surface area contributed by atoms with Gasteiger partial charge in [0.05, 0.1) is 36.8 Å². The lowest BCUT2D eigenvalue weighted by Crippen LogP contribution is -2.35. The quantitative estimate of drug-likeness (QED) is 0.234. The number of fused-ring (bicyclic) bond motifs is 1. The van der Waals surface area contributed by atoms with Gasteiger partial charge < -0.3 is 18.8 Å². The van der Waals surface area contributed by atoms with Crippen LogP contribution in [0.2, 0.25) is 5.02 Å². The fourth-order valence-electron chi connectivity index (χ4n) is 6.04. The first kappa shape index (κ1) is 28.1. The standard InChI is InChI=1S/C32H33ClFN5O4/c33-23-5-4-22(26(34)16-23)20-43-31-3-1-2-27(36-31)21-8-11-37(12-9-21)19-30-35-28-17-24(38-13-15-42-32(38)40)6-7-29(28)39(30)18-25-10-14-41-25/h1-7,16-17,21,25H,8-15,18-20H2/t25-/m0/s1. The van der Waals surface area contributed by atoms with E-state index in [1.54, 1.807) is 23.1 Å². The Kier molecular flexibility index (Phi) is 7.90. The number of aromatic nitrogens is 3. The van der Waals surface area contributed by atoms with Crippen LogP contribution in [0.3, 0.4) is 0 Å². The van der Waals surface area contributed by atoms with Crippen LogP contribution in [0, 0.1) is 5.82 Å². The van der Waals surface area contributed by atoms with Crippen LogP contribution in [0.4, 0.5) is 14.9 Å². The van der Waals surface area contributed by atoms with Crippen molar-refractivity contribution in [3.05, 3.63) is 82.5 Å². The molecular formula is C32H33ClFN5O4. The fourth-order valence-corrected chi connectivity index (χ4v) is 6.20. The first-order valence-corrected chi connectivity index (χ1v) is 15.2. The molecular weight excluding hydrogens is 573 g/mol. The van der Waals surface area contributed by atoms with Gasteiger partial charge in [-0.3, -0.25) is 9.80 Å². The number of ether oxygens (including phenoxy) is 3. The Bertz CT molecular complexity index is 1640. The van der Waals surface area contributed by atoms with Crippen LogP contribution >= 0.6 is 11.6 Å². The van der Waals surface area contributed by atoms with Gasteiger partial charge in [-0.2, -0.15) is 0 Å². The van der Waals surface area contributed by atoms with Crippen LogP contribution in [-0.2, 0) is 29.2 Å². The lowest BCUT2D eigenvalue weighted by molar-refractivity contribution is -0.0592. The van der Waals surface area contributed by atoms with Crippen molar-refractivity contribution in [3.63, 3.8) is 0 Å². The number of halogens is 2. The minimum atomic E-state index is -0.387. The van der Waals surface area contributed by atoms with E-state index < -0.39 is 0 Å². The number of imidazole rings is 1. The van der Waals surface area contributed by atoms with Gasteiger partial charge in [0.25, 0.3) is 0 Å². The highest BCUT2D eigenvalue weighted by Gasteiger charge is 2.28. The van der Waals surface area contributed by atoms with Crippen molar-refractivity contribution in [3.8, 4) is 5.88 Å². The molecule has 3 fully saturated rings. The summed E-state index contributed by atoms with van der Waals surface area (Å²) in [6.07, 6.45) is 2.87. The van der Waals surface area contributed by atoms with Crippen LogP contribution in [0.1, 0.15) is 42.3 Å². The lowest BCUT2D eigenvalue weighted by atomic mass is 9.93. The topological polar surface area (TPSA) is 82.0 Å². The van der Waals surface area contributed by atoms with Gasteiger partial charge in [-0.25, -0.2) is 19.2 Å². The van der Waals surface area contributed by atoms with Gasteiger partial charge in [0.2, 0.25) is 5.88 Å². The Labute approximate surface area is 254 Å². The zero-order valence-electron chi connectivity index (χ0n) is 23.8. The molecule has 0 bridgehead atoms. The molecule has 0 radical (unpaired) electrons. The molecule has 224 valence electrons. The third kappa shape index (κ3) is 6.04. The second kappa shape index (κ2) is 12.1. The van der Waals surface area contributed by atoms with Crippen molar-refractivity contribution in [1.29, 1.82) is 0 Å². The van der Waals surface area contributed by atoms with Crippen LogP contribution in [-0.4, -0.2) is 64.5 Å². The molecule has 3 aliphatic heterocycles. The van der Waals surface area contributed by atoms with Gasteiger partial charge >= 0.3 is 6.09 Å². The number of anilines is 1. The largest absolute Gasteiger partial charge is 0.473 e. The second-order valence-electron chi connectivity index (χ2n) is 11.3. The van der Waals surface area contributed by atoms with E-state index in [0.717, 1.165) is 80.3 Å². The number of hydrogen-bond acceptors (Lipinski definition) is 7. The summed E-state index contributed by atoms with van der Waals surface area (Å²) in [7, 11) is 0. The van der Waals surface area contributed by atoms with E-state index in [0.29, 0.717) is 35.5 Å². The maximum Gasteiger partial charge on any atom is 0.414 e. The molecule has 1 amide bonds. The number of pyridine rings is 1. The number of piperidine rings is 1. The molecule has 0 unspecified atom stereocenters. The molecule has 0 saturated carbocycles. The SMILES string of the molecule is O=C1OCCN1c1ccc2c(c1)nc(CN1CCC(c3cccc(OCc4ccc(Cl)cc4F)n3)CC1)n2C[C@@H]1CCO1. The average Bonchev–Trinajstić information content (AvgIpc) is 3.57. The highest BCUT2D eigenvalue weighted by atomic mass is 35.5. The summed E-state index contributed by atoms with van der Waals surface area (Å²) in [6, 6.07) is 16.4. The van der Waals surface area contributed by atoms with E-state index in [1.165, 1.54) is 6.07 Å². The summed E-state index contributed by atoms with van der Waals surface area (Å²) < 4.78 is 33.2. The summed E-state index contributed by atoms with van der Waals surface area (Å²) in [5.74, 6) is 1.43. The maximum atomic E-state index is 14.2. The van der Waals surface area contributed by atoms with Gasteiger partial charge in [0.1, 0.15) is 24.9 Å². The van der Waals surface area contributed by atoms with Gasteiger partial charge in [0, 0.05) is 40.6 Å². The number of cyclic esters (lactones) is 1. The minimum Gasteiger partial charge on any atom is -0.473 e. The predicted molar refractivity (Wildman–Crippen MR) is 160 cm³/mol. The molecule has 1 atom stereocenters. The Balaban J connectivity index is 1.02. The minimum absolute atomic E-state index is 0.0917. The molecule has 0 spiro atoms. The van der Waals surface area contributed by atoms with E-state index in [-0.39, 0.29) is 24.6 Å². The van der Waals surface area contributed by atoms with Crippen molar-refractivity contribution in [2.24, 2.45) is 0 Å². The number of benzene rings is 2. The highest BCUT2D eigenvalue weighted by molar-refractivity contribution is 6.30. The van der Waals surface area contributed by atoms with Crippen LogP contribution in [0.15, 0.2) is 54.6 Å². The highest BCUT2D eigenvalue weighted by Crippen LogP contribution is 2.31. The molecule has 5 heterocycles. The number of rotatable bonds is 9. The number of nitrogens with zero attached hydrogens (tertiary/aromatic N) is 5. The van der Waals surface area contributed by atoms with Crippen LogP contribution < -0.4 is 9.64 Å². The molecule has 0 N–H and O–H groups in total. The Morgan fingerprint density at radius 3 is 2.60 bits per heavy atom. The molecule has 11 heteroatoms. The molecule has 7 rings (SSSR count). The molecule has 0 aliphatic carbocycles. The number of hydrogen-bond donors (Lipinski definition) is 0. The monoisotopic (exact) mass is 605 g/mol. The first-order valence-electron chi connectivity index (χ1n) is 14.8. The molecule has 2 aromatic carbocycles. The van der Waals surface area contributed by atoms with Gasteiger partial charge in [-0.1, -0.05) is 23.7 Å². The van der Waals surface area contributed by atoms with Gasteiger partial charge in [-0.15, -0.1) is 0 Å².